The number of rotatable bonds is 23. The molecule has 0 spiro atoms. The topological polar surface area (TPSA) is 149 Å². The van der Waals surface area contributed by atoms with Gasteiger partial charge in [0, 0.05) is 6.42 Å². The van der Waals surface area contributed by atoms with Crippen LogP contribution in [0.2, 0.25) is 0 Å². The summed E-state index contributed by atoms with van der Waals surface area (Å²) < 4.78 is 11.0. The van der Waals surface area contributed by atoms with Gasteiger partial charge in [-0.1, -0.05) is 104 Å². The number of ether oxygens (including phenoxy) is 2. The second kappa shape index (κ2) is 21.9. The van der Waals surface area contributed by atoms with Crippen molar-refractivity contribution >= 4 is 5.91 Å². The number of carbonyl (C=O) groups is 1. The molecule has 38 heavy (non-hydrogen) atoms. The first-order valence-corrected chi connectivity index (χ1v) is 15.2. The van der Waals surface area contributed by atoms with E-state index in [4.69, 9.17) is 9.47 Å². The quantitative estimate of drug-likeness (QED) is 0.107. The molecule has 0 aromatic carbocycles. The number of aliphatic hydroxyl groups is 5. The van der Waals surface area contributed by atoms with Crippen molar-refractivity contribution in [2.45, 2.75) is 166 Å². The van der Waals surface area contributed by atoms with Gasteiger partial charge in [-0.15, -0.1) is 0 Å². The summed E-state index contributed by atoms with van der Waals surface area (Å²) in [4.78, 5) is 12.5. The van der Waals surface area contributed by atoms with Crippen molar-refractivity contribution < 1.29 is 39.8 Å². The average molecular weight is 548 g/mol. The van der Waals surface area contributed by atoms with Gasteiger partial charge in [-0.25, -0.2) is 0 Å². The molecule has 1 aliphatic heterocycles. The summed E-state index contributed by atoms with van der Waals surface area (Å²) in [5.74, 6) is -0.172. The molecule has 1 heterocycles. The number of unbranched alkanes of at least 4 members (excludes halogenated alkanes) is 13. The average Bonchev–Trinajstić information content (AvgIpc) is 2.91. The third-order valence-corrected chi connectivity index (χ3v) is 7.46. The highest BCUT2D eigenvalue weighted by atomic mass is 16.7. The molecule has 7 unspecified atom stereocenters. The molecule has 9 heteroatoms. The summed E-state index contributed by atoms with van der Waals surface area (Å²) in [6.45, 7) is 3.61. The maximum Gasteiger partial charge on any atom is 0.220 e. The van der Waals surface area contributed by atoms with E-state index in [0.29, 0.717) is 12.8 Å². The number of carbonyl (C=O) groups excluding carboxylic acids is 1. The third-order valence-electron chi connectivity index (χ3n) is 7.46. The molecule has 0 aromatic heterocycles. The van der Waals surface area contributed by atoms with Gasteiger partial charge < -0.3 is 40.3 Å². The highest BCUT2D eigenvalue weighted by molar-refractivity contribution is 5.76. The van der Waals surface area contributed by atoms with E-state index in [0.717, 1.165) is 38.5 Å². The first-order valence-electron chi connectivity index (χ1n) is 15.2. The molecule has 6 N–H and O–H groups in total. The zero-order valence-electron chi connectivity index (χ0n) is 23.9. The molecular formula is C29H57NO8. The molecule has 0 aromatic rings. The Balaban J connectivity index is 2.44. The lowest BCUT2D eigenvalue weighted by molar-refractivity contribution is -0.302. The van der Waals surface area contributed by atoms with Crippen molar-refractivity contribution in [3.8, 4) is 0 Å². The van der Waals surface area contributed by atoms with Gasteiger partial charge in [0.05, 0.1) is 25.4 Å². The Kier molecular flexibility index (Phi) is 20.3. The predicted octanol–water partition coefficient (Wildman–Crippen LogP) is 3.32. The van der Waals surface area contributed by atoms with Crippen LogP contribution in [0, 0.1) is 0 Å². The SMILES string of the molecule is CCCCCCCCCCCCCCC(O)C(COC1OC(CO)C(O)C(O)C1O)NC(=O)CCCCC. The Bertz CT molecular complexity index is 579. The first kappa shape index (κ1) is 35.2. The summed E-state index contributed by atoms with van der Waals surface area (Å²) >= 11 is 0. The van der Waals surface area contributed by atoms with Crippen LogP contribution in [0.25, 0.3) is 0 Å². The van der Waals surface area contributed by atoms with Gasteiger partial charge in [0.1, 0.15) is 24.4 Å². The predicted molar refractivity (Wildman–Crippen MR) is 147 cm³/mol. The maximum atomic E-state index is 12.5. The molecule has 1 amide bonds. The number of hydrogen-bond acceptors (Lipinski definition) is 8. The van der Waals surface area contributed by atoms with Crippen molar-refractivity contribution in [3.63, 3.8) is 0 Å². The van der Waals surface area contributed by atoms with E-state index in [1.54, 1.807) is 0 Å². The van der Waals surface area contributed by atoms with Crippen molar-refractivity contribution in [2.24, 2.45) is 0 Å². The molecule has 7 atom stereocenters. The van der Waals surface area contributed by atoms with Crippen molar-refractivity contribution in [1.29, 1.82) is 0 Å². The Morgan fingerprint density at radius 3 is 1.87 bits per heavy atom. The summed E-state index contributed by atoms with van der Waals surface area (Å²) in [6, 6.07) is -0.704. The van der Waals surface area contributed by atoms with Crippen molar-refractivity contribution in [3.05, 3.63) is 0 Å². The van der Waals surface area contributed by atoms with E-state index in [2.05, 4.69) is 19.2 Å². The van der Waals surface area contributed by atoms with Gasteiger partial charge in [-0.3, -0.25) is 4.79 Å². The van der Waals surface area contributed by atoms with Crippen molar-refractivity contribution in [1.82, 2.24) is 5.32 Å². The minimum Gasteiger partial charge on any atom is -0.394 e. The Labute approximate surface area is 230 Å². The third kappa shape index (κ3) is 14.5. The maximum absolute atomic E-state index is 12.5. The Hall–Kier alpha value is -0.810. The molecule has 0 radical (unpaired) electrons. The van der Waals surface area contributed by atoms with E-state index in [-0.39, 0.29) is 12.5 Å². The molecule has 1 saturated heterocycles. The molecule has 1 rings (SSSR count). The lowest BCUT2D eigenvalue weighted by Crippen LogP contribution is -2.60. The molecule has 0 aliphatic carbocycles. The molecule has 0 bridgehead atoms. The summed E-state index contributed by atoms with van der Waals surface area (Å²) in [5, 5.41) is 53.3. The fourth-order valence-electron chi connectivity index (χ4n) is 4.86. The van der Waals surface area contributed by atoms with Crippen LogP contribution in [0.15, 0.2) is 0 Å². The minimum atomic E-state index is -1.54. The lowest BCUT2D eigenvalue weighted by Gasteiger charge is -2.40. The normalized spacial score (nSPS) is 25.3. The smallest absolute Gasteiger partial charge is 0.220 e. The van der Waals surface area contributed by atoms with Crippen LogP contribution in [0.1, 0.15) is 123 Å². The van der Waals surface area contributed by atoms with Crippen LogP contribution in [-0.2, 0) is 14.3 Å². The molecule has 226 valence electrons. The monoisotopic (exact) mass is 547 g/mol. The molecule has 0 saturated carbocycles. The van der Waals surface area contributed by atoms with Crippen LogP contribution in [-0.4, -0.2) is 87.5 Å². The van der Waals surface area contributed by atoms with E-state index >= 15 is 0 Å². The zero-order valence-corrected chi connectivity index (χ0v) is 23.9. The van der Waals surface area contributed by atoms with Gasteiger partial charge in [-0.2, -0.15) is 0 Å². The number of hydrogen-bond donors (Lipinski definition) is 6. The minimum absolute atomic E-state index is 0.137. The van der Waals surface area contributed by atoms with E-state index in [9.17, 15) is 30.3 Å². The second-order valence-electron chi connectivity index (χ2n) is 10.9. The fraction of sp³-hybridized carbons (Fsp3) is 0.966. The highest BCUT2D eigenvalue weighted by Crippen LogP contribution is 2.22. The lowest BCUT2D eigenvalue weighted by atomic mass is 9.99. The van der Waals surface area contributed by atoms with Crippen molar-refractivity contribution in [2.75, 3.05) is 13.2 Å². The van der Waals surface area contributed by atoms with Gasteiger partial charge in [-0.05, 0) is 12.8 Å². The second-order valence-corrected chi connectivity index (χ2v) is 10.9. The molecule has 9 nitrogen and oxygen atoms in total. The number of aliphatic hydroxyl groups excluding tert-OH is 5. The summed E-state index contributed by atoms with van der Waals surface area (Å²) in [5.41, 5.74) is 0. The molecule has 1 fully saturated rings. The van der Waals surface area contributed by atoms with E-state index < -0.39 is 49.5 Å². The van der Waals surface area contributed by atoms with Crippen LogP contribution in [0.4, 0.5) is 0 Å². The number of amides is 1. The van der Waals surface area contributed by atoms with Gasteiger partial charge in [0.2, 0.25) is 5.91 Å². The van der Waals surface area contributed by atoms with E-state index in [1.807, 2.05) is 0 Å². The molecular weight excluding hydrogens is 490 g/mol. The van der Waals surface area contributed by atoms with Crippen LogP contribution in [0.3, 0.4) is 0 Å². The first-order chi connectivity index (χ1) is 18.3. The molecule has 1 aliphatic rings. The largest absolute Gasteiger partial charge is 0.394 e. The van der Waals surface area contributed by atoms with Gasteiger partial charge >= 0.3 is 0 Å². The van der Waals surface area contributed by atoms with Crippen LogP contribution < -0.4 is 5.32 Å². The summed E-state index contributed by atoms with van der Waals surface area (Å²) in [6.07, 6.45) is 10.5. The van der Waals surface area contributed by atoms with Gasteiger partial charge in [0.25, 0.3) is 0 Å². The number of nitrogens with one attached hydrogen (secondary N) is 1. The standard InChI is InChI=1S/C29H57NO8/c1-3-5-7-8-9-10-11-12-13-14-15-17-18-23(32)22(30-25(33)19-16-6-4-2)21-37-29-28(36)27(35)26(34)24(20-31)38-29/h22-24,26-29,31-32,34-36H,3-21H2,1-2H3,(H,30,33). The van der Waals surface area contributed by atoms with Crippen LogP contribution >= 0.6 is 0 Å². The highest BCUT2D eigenvalue weighted by Gasteiger charge is 2.44. The summed E-state index contributed by atoms with van der Waals surface area (Å²) in [7, 11) is 0. The Morgan fingerprint density at radius 1 is 0.789 bits per heavy atom. The zero-order chi connectivity index (χ0) is 28.2. The fourth-order valence-corrected chi connectivity index (χ4v) is 4.86. The van der Waals surface area contributed by atoms with Crippen LogP contribution in [0.5, 0.6) is 0 Å². The van der Waals surface area contributed by atoms with Gasteiger partial charge in [0.15, 0.2) is 6.29 Å². The Morgan fingerprint density at radius 2 is 1.32 bits per heavy atom. The van der Waals surface area contributed by atoms with E-state index in [1.165, 1.54) is 57.8 Å².